The third kappa shape index (κ3) is 0.905. The highest BCUT2D eigenvalue weighted by Gasteiger charge is 2.69. The lowest BCUT2D eigenvalue weighted by molar-refractivity contribution is -0.187. The topological polar surface area (TPSA) is 86.5 Å². The third-order valence-electron chi connectivity index (χ3n) is 4.03. The van der Waals surface area contributed by atoms with Crippen LogP contribution in [-0.4, -0.2) is 17.8 Å². The minimum absolute atomic E-state index is 0.310. The number of rotatable bonds is 1. The van der Waals surface area contributed by atoms with Crippen molar-refractivity contribution in [2.24, 2.45) is 22.5 Å². The van der Waals surface area contributed by atoms with Gasteiger partial charge in [-0.1, -0.05) is 13.8 Å². The van der Waals surface area contributed by atoms with E-state index in [9.17, 15) is 14.4 Å². The molecule has 5 heteroatoms. The summed E-state index contributed by atoms with van der Waals surface area (Å²) in [6, 6.07) is 0. The van der Waals surface area contributed by atoms with Crippen molar-refractivity contribution in [3.8, 4) is 0 Å². The van der Waals surface area contributed by atoms with Crippen molar-refractivity contribution >= 4 is 17.8 Å². The Bertz CT molecular complexity index is 374. The molecule has 2 aliphatic rings. The molecular formula is C10H13NO4. The molecule has 0 spiro atoms. The highest BCUT2D eigenvalue weighted by molar-refractivity contribution is 6.09. The van der Waals surface area contributed by atoms with Crippen LogP contribution < -0.4 is 5.73 Å². The van der Waals surface area contributed by atoms with Crippen LogP contribution in [0.2, 0.25) is 0 Å². The van der Waals surface area contributed by atoms with Crippen LogP contribution in [0.3, 0.4) is 0 Å². The van der Waals surface area contributed by atoms with E-state index in [1.165, 1.54) is 0 Å². The van der Waals surface area contributed by atoms with Crippen LogP contribution >= 0.6 is 0 Å². The molecule has 1 aliphatic heterocycles. The standard InChI is InChI=1S/C10H13NO4/c1-9(2)5-3-4-10(9,7(11)13)8(14)15-6(5)12/h5H,3-4H2,1-2H3,(H2,11,13). The van der Waals surface area contributed by atoms with E-state index >= 15 is 0 Å². The van der Waals surface area contributed by atoms with Gasteiger partial charge in [0.15, 0.2) is 5.41 Å². The highest BCUT2D eigenvalue weighted by Crippen LogP contribution is 2.59. The van der Waals surface area contributed by atoms with E-state index in [1.54, 1.807) is 13.8 Å². The van der Waals surface area contributed by atoms with E-state index in [1.807, 2.05) is 0 Å². The predicted molar refractivity (Wildman–Crippen MR) is 49.2 cm³/mol. The maximum absolute atomic E-state index is 11.7. The monoisotopic (exact) mass is 211 g/mol. The first-order valence-corrected chi connectivity index (χ1v) is 4.90. The van der Waals surface area contributed by atoms with Crippen LogP contribution in [0.4, 0.5) is 0 Å². The zero-order valence-corrected chi connectivity index (χ0v) is 8.70. The number of ether oxygens (including phenoxy) is 1. The Labute approximate surface area is 87.0 Å². The molecule has 1 amide bonds. The summed E-state index contributed by atoms with van der Waals surface area (Å²) in [5.74, 6) is -2.40. The number of hydrogen-bond acceptors (Lipinski definition) is 4. The van der Waals surface area contributed by atoms with Crippen molar-refractivity contribution < 1.29 is 19.1 Å². The van der Waals surface area contributed by atoms with Gasteiger partial charge in [-0.3, -0.25) is 14.4 Å². The summed E-state index contributed by atoms with van der Waals surface area (Å²) in [7, 11) is 0. The SMILES string of the molecule is CC1(C)C2CCC1(C(N)=O)C(=O)OC2=O. The van der Waals surface area contributed by atoms with E-state index in [-0.39, 0.29) is 0 Å². The minimum Gasteiger partial charge on any atom is -0.392 e. The van der Waals surface area contributed by atoms with Crippen LogP contribution in [0.15, 0.2) is 0 Å². The van der Waals surface area contributed by atoms with E-state index in [0.29, 0.717) is 12.8 Å². The van der Waals surface area contributed by atoms with Gasteiger partial charge < -0.3 is 10.5 Å². The maximum atomic E-state index is 11.7. The first-order valence-electron chi connectivity index (χ1n) is 4.90. The van der Waals surface area contributed by atoms with Gasteiger partial charge in [0.25, 0.3) is 0 Å². The summed E-state index contributed by atoms with van der Waals surface area (Å²) in [6.07, 6.45) is 0.797. The first-order chi connectivity index (χ1) is 6.84. The first kappa shape index (κ1) is 10.1. The molecule has 1 heterocycles. The zero-order chi connectivity index (χ0) is 11.4. The highest BCUT2D eigenvalue weighted by atomic mass is 16.6. The molecule has 15 heavy (non-hydrogen) atoms. The van der Waals surface area contributed by atoms with Gasteiger partial charge in [-0.25, -0.2) is 0 Å². The summed E-state index contributed by atoms with van der Waals surface area (Å²) < 4.78 is 4.59. The quantitative estimate of drug-likeness (QED) is 0.487. The largest absolute Gasteiger partial charge is 0.392 e. The smallest absolute Gasteiger partial charge is 0.329 e. The number of amides is 1. The molecule has 1 saturated carbocycles. The molecule has 1 saturated heterocycles. The van der Waals surface area contributed by atoms with Crippen LogP contribution in [0.5, 0.6) is 0 Å². The number of nitrogens with two attached hydrogens (primary N) is 1. The van der Waals surface area contributed by atoms with Gasteiger partial charge in [-0.15, -0.1) is 0 Å². The number of carbonyl (C=O) groups is 3. The lowest BCUT2D eigenvalue weighted by Gasteiger charge is -2.41. The summed E-state index contributed by atoms with van der Waals surface area (Å²) in [6.45, 7) is 3.46. The number of cyclic esters (lactones) is 2. The molecule has 0 aromatic rings. The van der Waals surface area contributed by atoms with Crippen molar-refractivity contribution in [2.75, 3.05) is 0 Å². The van der Waals surface area contributed by atoms with Crippen molar-refractivity contribution in [2.45, 2.75) is 26.7 Å². The second-order valence-corrected chi connectivity index (χ2v) is 4.79. The van der Waals surface area contributed by atoms with Crippen molar-refractivity contribution in [1.82, 2.24) is 0 Å². The summed E-state index contributed by atoms with van der Waals surface area (Å²) in [4.78, 5) is 34.6. The Morgan fingerprint density at radius 1 is 1.47 bits per heavy atom. The molecule has 0 aromatic heterocycles. The molecule has 1 aliphatic carbocycles. The molecule has 2 atom stereocenters. The van der Waals surface area contributed by atoms with Crippen LogP contribution in [0, 0.1) is 16.7 Å². The Morgan fingerprint density at radius 2 is 2.07 bits per heavy atom. The third-order valence-corrected chi connectivity index (χ3v) is 4.03. The van der Waals surface area contributed by atoms with Crippen molar-refractivity contribution in [3.05, 3.63) is 0 Å². The van der Waals surface area contributed by atoms with Gasteiger partial charge in [-0.05, 0) is 12.8 Å². The Morgan fingerprint density at radius 3 is 2.60 bits per heavy atom. The Balaban J connectivity index is 2.60. The second-order valence-electron chi connectivity index (χ2n) is 4.79. The van der Waals surface area contributed by atoms with E-state index < -0.39 is 34.6 Å². The molecule has 5 nitrogen and oxygen atoms in total. The summed E-state index contributed by atoms with van der Waals surface area (Å²) >= 11 is 0. The molecule has 2 unspecified atom stereocenters. The predicted octanol–water partition coefficient (Wildman–Crippen LogP) is -0.0223. The average molecular weight is 211 g/mol. The van der Waals surface area contributed by atoms with Gasteiger partial charge >= 0.3 is 11.9 Å². The van der Waals surface area contributed by atoms with Gasteiger partial charge in [0.2, 0.25) is 5.91 Å². The lowest BCUT2D eigenvalue weighted by Crippen LogP contribution is -2.57. The van der Waals surface area contributed by atoms with Crippen molar-refractivity contribution in [1.29, 1.82) is 0 Å². The second kappa shape index (κ2) is 2.59. The summed E-state index contributed by atoms with van der Waals surface area (Å²) in [5, 5.41) is 0. The minimum atomic E-state index is -1.31. The summed E-state index contributed by atoms with van der Waals surface area (Å²) in [5.41, 5.74) is 3.25. The van der Waals surface area contributed by atoms with E-state index in [2.05, 4.69) is 4.74 Å². The Kier molecular flexibility index (Phi) is 1.75. The number of esters is 2. The average Bonchev–Trinajstić information content (AvgIpc) is 2.27. The normalized spacial score (nSPS) is 37.6. The van der Waals surface area contributed by atoms with Crippen molar-refractivity contribution in [3.63, 3.8) is 0 Å². The molecule has 82 valence electrons. The Hall–Kier alpha value is -1.39. The molecule has 2 rings (SSSR count). The fourth-order valence-corrected chi connectivity index (χ4v) is 2.91. The molecule has 0 radical (unpaired) electrons. The fraction of sp³-hybridized carbons (Fsp3) is 0.700. The van der Waals surface area contributed by atoms with Gasteiger partial charge in [0, 0.05) is 5.41 Å². The van der Waals surface area contributed by atoms with Crippen LogP contribution in [-0.2, 0) is 19.1 Å². The number of primary amides is 1. The molecule has 2 N–H and O–H groups in total. The molecular weight excluding hydrogens is 198 g/mol. The lowest BCUT2D eigenvalue weighted by atomic mass is 9.63. The van der Waals surface area contributed by atoms with Crippen LogP contribution in [0.1, 0.15) is 26.7 Å². The number of carbonyl (C=O) groups excluding carboxylic acids is 3. The fourth-order valence-electron chi connectivity index (χ4n) is 2.91. The van der Waals surface area contributed by atoms with E-state index in [0.717, 1.165) is 0 Å². The van der Waals surface area contributed by atoms with E-state index in [4.69, 9.17) is 5.73 Å². The maximum Gasteiger partial charge on any atom is 0.329 e. The van der Waals surface area contributed by atoms with Gasteiger partial charge in [-0.2, -0.15) is 0 Å². The van der Waals surface area contributed by atoms with Gasteiger partial charge in [0.1, 0.15) is 0 Å². The molecule has 2 fully saturated rings. The molecule has 0 aromatic carbocycles. The van der Waals surface area contributed by atoms with Crippen LogP contribution in [0.25, 0.3) is 0 Å². The number of fused-ring (bicyclic) bond motifs is 2. The number of hydrogen-bond donors (Lipinski definition) is 1. The zero-order valence-electron chi connectivity index (χ0n) is 8.70. The molecule has 2 bridgehead atoms. The van der Waals surface area contributed by atoms with Gasteiger partial charge in [0.05, 0.1) is 5.92 Å².